The summed E-state index contributed by atoms with van der Waals surface area (Å²) in [6, 6.07) is 0.136. The van der Waals surface area contributed by atoms with Crippen LogP contribution in [0.1, 0.15) is 20.3 Å². The number of carbonyl (C=O) groups is 1. The summed E-state index contributed by atoms with van der Waals surface area (Å²) >= 11 is 0. The molecule has 0 fully saturated rings. The minimum Gasteiger partial charge on any atom is -0.365 e. The van der Waals surface area contributed by atoms with Crippen LogP contribution in [-0.2, 0) is 9.53 Å². The number of nitrogens with one attached hydrogen (secondary N) is 1. The molecular weight excluding hydrogens is 170 g/mol. The third-order valence-corrected chi connectivity index (χ3v) is 1.27. The summed E-state index contributed by atoms with van der Waals surface area (Å²) in [5, 5.41) is 11.6. The fraction of sp³-hybridized carbons (Fsp3) is 0.667. The summed E-state index contributed by atoms with van der Waals surface area (Å²) in [5.74, 6) is -0.0775. The highest BCUT2D eigenvalue weighted by atomic mass is 16.6. The Morgan fingerprint density at radius 1 is 1.69 bits per heavy atom. The van der Waals surface area contributed by atoms with Gasteiger partial charge in [-0.25, -0.2) is 0 Å². The van der Waals surface area contributed by atoms with Crippen LogP contribution in [0.25, 0.3) is 0 Å². The summed E-state index contributed by atoms with van der Waals surface area (Å²) in [6.07, 6.45) is 0.538. The highest BCUT2D eigenvalue weighted by Gasteiger charge is 2.04. The first-order chi connectivity index (χ1) is 6.06. The molecule has 0 bridgehead atoms. The maximum Gasteiger partial charge on any atom is 0.222 e. The van der Waals surface area contributed by atoms with Crippen molar-refractivity contribution in [2.75, 3.05) is 6.61 Å². The van der Waals surface area contributed by atoms with Crippen LogP contribution in [-0.4, -0.2) is 30.0 Å². The van der Waals surface area contributed by atoms with Gasteiger partial charge in [-0.05, 0) is 19.9 Å². The molecule has 0 aromatic rings. The van der Waals surface area contributed by atoms with Crippen LogP contribution in [0.5, 0.6) is 0 Å². The van der Waals surface area contributed by atoms with E-state index in [1.54, 1.807) is 0 Å². The molecular formula is C9H17NO3. The van der Waals surface area contributed by atoms with Crippen LogP contribution in [0.2, 0.25) is 0 Å². The Labute approximate surface area is 78.6 Å². The highest BCUT2D eigenvalue weighted by Crippen LogP contribution is 1.91. The topological polar surface area (TPSA) is 58.6 Å². The molecule has 0 heterocycles. The van der Waals surface area contributed by atoms with E-state index >= 15 is 0 Å². The van der Waals surface area contributed by atoms with Crippen molar-refractivity contribution in [1.29, 1.82) is 0 Å². The van der Waals surface area contributed by atoms with Crippen molar-refractivity contribution in [2.45, 2.75) is 32.6 Å². The Bertz CT molecular complexity index is 168. The molecule has 0 saturated heterocycles. The molecule has 1 atom stereocenters. The van der Waals surface area contributed by atoms with Crippen LogP contribution >= 0.6 is 0 Å². The molecule has 0 aromatic heterocycles. The molecule has 1 unspecified atom stereocenters. The highest BCUT2D eigenvalue weighted by molar-refractivity contribution is 5.76. The van der Waals surface area contributed by atoms with Crippen LogP contribution < -0.4 is 5.32 Å². The average molecular weight is 187 g/mol. The summed E-state index contributed by atoms with van der Waals surface area (Å²) in [6.45, 7) is 7.30. The number of rotatable bonds is 6. The molecule has 0 saturated carbocycles. The minimum atomic E-state index is -0.980. The summed E-state index contributed by atoms with van der Waals surface area (Å²) < 4.78 is 4.82. The van der Waals surface area contributed by atoms with Gasteiger partial charge in [0.1, 0.15) is 0 Å². The third-order valence-electron chi connectivity index (χ3n) is 1.27. The molecule has 0 aromatic carbocycles. The second-order valence-electron chi connectivity index (χ2n) is 2.97. The molecule has 0 aliphatic carbocycles. The molecule has 0 aliphatic rings. The van der Waals surface area contributed by atoms with E-state index in [9.17, 15) is 4.79 Å². The largest absolute Gasteiger partial charge is 0.365 e. The zero-order valence-electron chi connectivity index (χ0n) is 8.12. The van der Waals surface area contributed by atoms with Gasteiger partial charge in [-0.2, -0.15) is 0 Å². The average Bonchev–Trinajstić information content (AvgIpc) is 2.02. The SMILES string of the molecule is C=CC(O)OCCC(=O)NC(C)C. The predicted molar refractivity (Wildman–Crippen MR) is 50.1 cm³/mol. The molecule has 13 heavy (non-hydrogen) atoms. The van der Waals surface area contributed by atoms with Crippen molar-refractivity contribution in [3.05, 3.63) is 12.7 Å². The van der Waals surface area contributed by atoms with Gasteiger partial charge >= 0.3 is 0 Å². The van der Waals surface area contributed by atoms with E-state index in [0.717, 1.165) is 0 Å². The van der Waals surface area contributed by atoms with Crippen molar-refractivity contribution in [2.24, 2.45) is 0 Å². The molecule has 0 rings (SSSR count). The molecule has 4 heteroatoms. The number of amides is 1. The van der Waals surface area contributed by atoms with E-state index in [2.05, 4.69) is 11.9 Å². The Hall–Kier alpha value is -0.870. The molecule has 76 valence electrons. The first kappa shape index (κ1) is 12.1. The van der Waals surface area contributed by atoms with Crippen LogP contribution in [0.15, 0.2) is 12.7 Å². The lowest BCUT2D eigenvalue weighted by atomic mass is 10.3. The van der Waals surface area contributed by atoms with Crippen molar-refractivity contribution >= 4 is 5.91 Å². The van der Waals surface area contributed by atoms with Gasteiger partial charge in [0.2, 0.25) is 5.91 Å². The standard InChI is InChI=1S/C9H17NO3/c1-4-9(12)13-6-5-8(11)10-7(2)3/h4,7,9,12H,1,5-6H2,2-3H3,(H,10,11). The van der Waals surface area contributed by atoms with Gasteiger partial charge in [0.25, 0.3) is 0 Å². The van der Waals surface area contributed by atoms with Gasteiger partial charge in [0.05, 0.1) is 13.0 Å². The van der Waals surface area contributed by atoms with E-state index in [0.29, 0.717) is 0 Å². The first-order valence-corrected chi connectivity index (χ1v) is 4.28. The number of aliphatic hydroxyl groups is 1. The normalized spacial score (nSPS) is 12.6. The fourth-order valence-electron chi connectivity index (χ4n) is 0.735. The van der Waals surface area contributed by atoms with Gasteiger partial charge in [-0.15, -0.1) is 0 Å². The molecule has 0 radical (unpaired) electrons. The van der Waals surface area contributed by atoms with Crippen LogP contribution in [0, 0.1) is 0 Å². The van der Waals surface area contributed by atoms with E-state index < -0.39 is 6.29 Å². The summed E-state index contributed by atoms with van der Waals surface area (Å²) in [5.41, 5.74) is 0. The molecule has 0 spiro atoms. The van der Waals surface area contributed by atoms with Crippen LogP contribution in [0.3, 0.4) is 0 Å². The number of hydrogen-bond donors (Lipinski definition) is 2. The Kier molecular flexibility index (Phi) is 6.18. The third kappa shape index (κ3) is 7.49. The molecule has 4 nitrogen and oxygen atoms in total. The van der Waals surface area contributed by atoms with Crippen molar-refractivity contribution in [1.82, 2.24) is 5.32 Å². The lowest BCUT2D eigenvalue weighted by Gasteiger charge is -2.09. The van der Waals surface area contributed by atoms with E-state index in [1.807, 2.05) is 13.8 Å². The second kappa shape index (κ2) is 6.62. The van der Waals surface area contributed by atoms with Crippen molar-refractivity contribution in [3.8, 4) is 0 Å². The fourth-order valence-corrected chi connectivity index (χ4v) is 0.735. The first-order valence-electron chi connectivity index (χ1n) is 4.28. The number of ether oxygens (including phenoxy) is 1. The van der Waals surface area contributed by atoms with Crippen LogP contribution in [0.4, 0.5) is 0 Å². The van der Waals surface area contributed by atoms with E-state index in [1.165, 1.54) is 6.08 Å². The minimum absolute atomic E-state index is 0.0775. The van der Waals surface area contributed by atoms with E-state index in [4.69, 9.17) is 9.84 Å². The lowest BCUT2D eigenvalue weighted by Crippen LogP contribution is -2.31. The van der Waals surface area contributed by atoms with Gasteiger partial charge in [0, 0.05) is 6.04 Å². The number of aliphatic hydroxyl groups excluding tert-OH is 1. The molecule has 2 N–H and O–H groups in total. The zero-order chi connectivity index (χ0) is 10.3. The maximum absolute atomic E-state index is 11.0. The van der Waals surface area contributed by atoms with Gasteiger partial charge < -0.3 is 15.2 Å². The number of carbonyl (C=O) groups excluding carboxylic acids is 1. The molecule has 1 amide bonds. The number of hydrogen-bond acceptors (Lipinski definition) is 3. The van der Waals surface area contributed by atoms with Gasteiger partial charge in [0.15, 0.2) is 6.29 Å². The zero-order valence-corrected chi connectivity index (χ0v) is 8.12. The second-order valence-corrected chi connectivity index (χ2v) is 2.97. The van der Waals surface area contributed by atoms with Gasteiger partial charge in [-0.1, -0.05) is 6.58 Å². The van der Waals surface area contributed by atoms with Crippen molar-refractivity contribution in [3.63, 3.8) is 0 Å². The summed E-state index contributed by atoms with van der Waals surface area (Å²) in [7, 11) is 0. The maximum atomic E-state index is 11.0. The molecule has 0 aliphatic heterocycles. The van der Waals surface area contributed by atoms with Crippen molar-refractivity contribution < 1.29 is 14.6 Å². The monoisotopic (exact) mass is 187 g/mol. The van der Waals surface area contributed by atoms with E-state index in [-0.39, 0.29) is 25.0 Å². The Balaban J connectivity index is 3.42. The Morgan fingerprint density at radius 3 is 2.77 bits per heavy atom. The van der Waals surface area contributed by atoms with Gasteiger partial charge in [-0.3, -0.25) is 4.79 Å². The smallest absolute Gasteiger partial charge is 0.222 e. The predicted octanol–water partition coefficient (Wildman–Crippen LogP) is 0.422. The lowest BCUT2D eigenvalue weighted by molar-refractivity contribution is -0.125. The Morgan fingerprint density at radius 2 is 2.31 bits per heavy atom. The quantitative estimate of drug-likeness (QED) is 0.468. The summed E-state index contributed by atoms with van der Waals surface area (Å²) in [4.78, 5) is 11.0.